The van der Waals surface area contributed by atoms with E-state index < -0.39 is 0 Å². The third-order valence-electron chi connectivity index (χ3n) is 5.00. The van der Waals surface area contributed by atoms with Gasteiger partial charge in [-0.05, 0) is 61.4 Å². The van der Waals surface area contributed by atoms with E-state index in [4.69, 9.17) is 0 Å². The van der Waals surface area contributed by atoms with E-state index in [9.17, 15) is 4.79 Å². The van der Waals surface area contributed by atoms with Crippen molar-refractivity contribution in [2.45, 2.75) is 43.8 Å². The Balaban J connectivity index is 1.31. The number of rotatable bonds is 6. The van der Waals surface area contributed by atoms with Crippen LogP contribution >= 0.6 is 11.8 Å². The van der Waals surface area contributed by atoms with Crippen LogP contribution in [-0.2, 0) is 17.6 Å². The van der Waals surface area contributed by atoms with Gasteiger partial charge in [-0.3, -0.25) is 14.9 Å². The van der Waals surface area contributed by atoms with Gasteiger partial charge in [0.25, 0.3) is 0 Å². The summed E-state index contributed by atoms with van der Waals surface area (Å²) in [6.07, 6.45) is 8.27. The monoisotopic (exact) mass is 393 g/mol. The van der Waals surface area contributed by atoms with Crippen molar-refractivity contribution in [2.75, 3.05) is 5.75 Å². The van der Waals surface area contributed by atoms with Crippen LogP contribution in [0, 0.1) is 0 Å². The number of carbonyl (C=O) groups is 1. The minimum absolute atomic E-state index is 0.0140. The van der Waals surface area contributed by atoms with Gasteiger partial charge < -0.3 is 5.32 Å². The van der Waals surface area contributed by atoms with Crippen LogP contribution in [0.2, 0.25) is 0 Å². The van der Waals surface area contributed by atoms with Crippen molar-refractivity contribution in [1.82, 2.24) is 25.5 Å². The van der Waals surface area contributed by atoms with Gasteiger partial charge in [0.15, 0.2) is 5.82 Å². The van der Waals surface area contributed by atoms with E-state index >= 15 is 0 Å². The standard InChI is InChI=1S/C21H23N5OS/c1-14(17-7-6-15-4-2-3-5-18(15)12-17)23-19(27)13-28-21-24-20(25-26-21)16-8-10-22-11-9-16/h6-12,14H,2-5,13H2,1H3,(H,23,27)(H,24,25,26)/t14-/m0/s1. The van der Waals surface area contributed by atoms with E-state index in [0.717, 1.165) is 17.5 Å². The molecule has 1 atom stereocenters. The number of aryl methyl sites for hydroxylation is 2. The molecule has 2 N–H and O–H groups in total. The molecular weight excluding hydrogens is 370 g/mol. The Bertz CT molecular complexity index is 956. The van der Waals surface area contributed by atoms with Crippen molar-refractivity contribution in [2.24, 2.45) is 0 Å². The fourth-order valence-corrected chi connectivity index (χ4v) is 4.08. The maximum atomic E-state index is 12.4. The summed E-state index contributed by atoms with van der Waals surface area (Å²) in [4.78, 5) is 20.8. The molecular formula is C21H23N5OS. The maximum Gasteiger partial charge on any atom is 0.230 e. The Morgan fingerprint density at radius 2 is 1.96 bits per heavy atom. The van der Waals surface area contributed by atoms with E-state index in [-0.39, 0.29) is 17.7 Å². The van der Waals surface area contributed by atoms with Crippen molar-refractivity contribution in [3.8, 4) is 11.4 Å². The Morgan fingerprint density at radius 1 is 1.18 bits per heavy atom. The lowest BCUT2D eigenvalue weighted by molar-refractivity contribution is -0.119. The second-order valence-electron chi connectivity index (χ2n) is 7.02. The number of aromatic nitrogens is 4. The van der Waals surface area contributed by atoms with E-state index in [2.05, 4.69) is 43.7 Å². The summed E-state index contributed by atoms with van der Waals surface area (Å²) in [5, 5.41) is 10.7. The zero-order valence-electron chi connectivity index (χ0n) is 15.8. The van der Waals surface area contributed by atoms with Gasteiger partial charge in [-0.25, -0.2) is 4.98 Å². The molecule has 1 aromatic carbocycles. The lowest BCUT2D eigenvalue weighted by Gasteiger charge is -2.20. The molecule has 7 heteroatoms. The zero-order chi connectivity index (χ0) is 19.3. The molecule has 2 heterocycles. The predicted molar refractivity (Wildman–Crippen MR) is 110 cm³/mol. The van der Waals surface area contributed by atoms with Crippen LogP contribution in [-0.4, -0.2) is 31.8 Å². The Morgan fingerprint density at radius 3 is 2.79 bits per heavy atom. The number of hydrogen-bond acceptors (Lipinski definition) is 5. The Labute approximate surface area is 168 Å². The number of fused-ring (bicyclic) bond motifs is 1. The normalized spacial score (nSPS) is 14.3. The molecule has 2 aromatic heterocycles. The number of carbonyl (C=O) groups excluding carboxylic acids is 1. The molecule has 1 aliphatic rings. The largest absolute Gasteiger partial charge is 0.349 e. The van der Waals surface area contributed by atoms with Crippen LogP contribution in [0.4, 0.5) is 0 Å². The number of nitrogens with zero attached hydrogens (tertiary/aromatic N) is 3. The number of aromatic amines is 1. The minimum Gasteiger partial charge on any atom is -0.349 e. The average molecular weight is 394 g/mol. The lowest BCUT2D eigenvalue weighted by atomic mass is 9.89. The van der Waals surface area contributed by atoms with E-state index in [0.29, 0.717) is 11.0 Å². The number of pyridine rings is 1. The lowest BCUT2D eigenvalue weighted by Crippen LogP contribution is -2.28. The summed E-state index contributed by atoms with van der Waals surface area (Å²) >= 11 is 1.32. The zero-order valence-corrected chi connectivity index (χ0v) is 16.6. The first kappa shape index (κ1) is 18.7. The summed E-state index contributed by atoms with van der Waals surface area (Å²) in [7, 11) is 0. The first-order valence-corrected chi connectivity index (χ1v) is 10.5. The molecule has 6 nitrogen and oxygen atoms in total. The number of amides is 1. The Hall–Kier alpha value is -2.67. The van der Waals surface area contributed by atoms with E-state index in [1.807, 2.05) is 19.1 Å². The molecule has 0 aliphatic heterocycles. The van der Waals surface area contributed by atoms with Crippen LogP contribution < -0.4 is 5.32 Å². The SMILES string of the molecule is C[C@H](NC(=O)CSc1n[nH]c(-c2ccncc2)n1)c1ccc2c(c1)CCCC2. The van der Waals surface area contributed by atoms with Gasteiger partial charge in [0.2, 0.25) is 11.1 Å². The van der Waals surface area contributed by atoms with Gasteiger partial charge in [-0.15, -0.1) is 5.10 Å². The highest BCUT2D eigenvalue weighted by molar-refractivity contribution is 7.99. The topological polar surface area (TPSA) is 83.6 Å². The van der Waals surface area contributed by atoms with Gasteiger partial charge in [0, 0.05) is 18.0 Å². The number of hydrogen-bond donors (Lipinski definition) is 2. The van der Waals surface area contributed by atoms with Crippen LogP contribution in [0.5, 0.6) is 0 Å². The fraction of sp³-hybridized carbons (Fsp3) is 0.333. The van der Waals surface area contributed by atoms with Crippen LogP contribution in [0.3, 0.4) is 0 Å². The molecule has 3 aromatic rings. The number of H-pyrrole nitrogens is 1. The molecule has 1 amide bonds. The highest BCUT2D eigenvalue weighted by Crippen LogP contribution is 2.25. The van der Waals surface area contributed by atoms with Crippen molar-refractivity contribution in [3.63, 3.8) is 0 Å². The molecule has 0 saturated carbocycles. The smallest absolute Gasteiger partial charge is 0.230 e. The molecule has 28 heavy (non-hydrogen) atoms. The highest BCUT2D eigenvalue weighted by Gasteiger charge is 2.15. The third kappa shape index (κ3) is 4.42. The van der Waals surface area contributed by atoms with E-state index in [1.54, 1.807) is 12.4 Å². The summed E-state index contributed by atoms with van der Waals surface area (Å²) in [5.41, 5.74) is 4.97. The summed E-state index contributed by atoms with van der Waals surface area (Å²) < 4.78 is 0. The molecule has 4 rings (SSSR count). The number of benzene rings is 1. The third-order valence-corrected chi connectivity index (χ3v) is 5.85. The van der Waals surface area contributed by atoms with Gasteiger partial charge >= 0.3 is 0 Å². The molecule has 1 aliphatic carbocycles. The van der Waals surface area contributed by atoms with Crippen molar-refractivity contribution >= 4 is 17.7 Å². The Kier molecular flexibility index (Phi) is 5.71. The summed E-state index contributed by atoms with van der Waals surface area (Å²) in [5.74, 6) is 0.932. The van der Waals surface area contributed by atoms with Crippen molar-refractivity contribution in [3.05, 3.63) is 59.4 Å². The molecule has 0 fully saturated rings. The van der Waals surface area contributed by atoms with Gasteiger partial charge in [0.1, 0.15) is 0 Å². The van der Waals surface area contributed by atoms with Crippen LogP contribution in [0.15, 0.2) is 47.9 Å². The molecule has 0 bridgehead atoms. The van der Waals surface area contributed by atoms with E-state index in [1.165, 1.54) is 42.2 Å². The van der Waals surface area contributed by atoms with Gasteiger partial charge in [-0.2, -0.15) is 0 Å². The summed E-state index contributed by atoms with van der Waals surface area (Å²) in [6, 6.07) is 10.3. The minimum atomic E-state index is -0.0227. The average Bonchev–Trinajstić information content (AvgIpc) is 3.22. The number of nitrogens with one attached hydrogen (secondary N) is 2. The predicted octanol–water partition coefficient (Wildman–Crippen LogP) is 3.72. The van der Waals surface area contributed by atoms with Crippen molar-refractivity contribution in [1.29, 1.82) is 0 Å². The molecule has 0 radical (unpaired) electrons. The molecule has 0 spiro atoms. The first-order chi connectivity index (χ1) is 13.7. The quantitative estimate of drug-likeness (QED) is 0.624. The first-order valence-electron chi connectivity index (χ1n) is 9.56. The molecule has 144 valence electrons. The second kappa shape index (κ2) is 8.56. The second-order valence-corrected chi connectivity index (χ2v) is 7.96. The number of thioether (sulfide) groups is 1. The van der Waals surface area contributed by atoms with Crippen molar-refractivity contribution < 1.29 is 4.79 Å². The maximum absolute atomic E-state index is 12.4. The van der Waals surface area contributed by atoms with Crippen LogP contribution in [0.1, 0.15) is 42.5 Å². The fourth-order valence-electron chi connectivity index (χ4n) is 3.47. The molecule has 0 saturated heterocycles. The molecule has 0 unspecified atom stereocenters. The van der Waals surface area contributed by atoms with Crippen LogP contribution in [0.25, 0.3) is 11.4 Å². The highest BCUT2D eigenvalue weighted by atomic mass is 32.2. The summed E-state index contributed by atoms with van der Waals surface area (Å²) in [6.45, 7) is 2.03. The van der Waals surface area contributed by atoms with Gasteiger partial charge in [0.05, 0.1) is 11.8 Å². The van der Waals surface area contributed by atoms with Gasteiger partial charge in [-0.1, -0.05) is 30.0 Å².